The number of benzene rings is 1. The van der Waals surface area contributed by atoms with Crippen molar-refractivity contribution in [2.45, 2.75) is 200 Å². The maximum absolute atomic E-state index is 14.3. The molecule has 52 heavy (non-hydrogen) atoms. The smallest absolute Gasteiger partial charge is 0.225 e. The van der Waals surface area contributed by atoms with E-state index in [9.17, 15) is 4.79 Å². The number of amides is 1. The van der Waals surface area contributed by atoms with Crippen LogP contribution in [-0.4, -0.2) is 73.8 Å². The van der Waals surface area contributed by atoms with Gasteiger partial charge in [0.15, 0.2) is 25.0 Å². The van der Waals surface area contributed by atoms with Crippen molar-refractivity contribution in [1.82, 2.24) is 4.90 Å². The van der Waals surface area contributed by atoms with Gasteiger partial charge in [-0.15, -0.1) is 0 Å². The van der Waals surface area contributed by atoms with Crippen LogP contribution in [0, 0.1) is 5.92 Å². The van der Waals surface area contributed by atoms with E-state index in [1.807, 2.05) is 18.0 Å². The van der Waals surface area contributed by atoms with Crippen molar-refractivity contribution in [3.05, 3.63) is 48.0 Å². The molecule has 0 aromatic heterocycles. The molecule has 6 nitrogen and oxygen atoms in total. The number of hydrogen-bond acceptors (Lipinski definition) is 5. The predicted molar refractivity (Wildman–Crippen MR) is 230 cm³/mol. The Labute approximate surface area is 324 Å². The lowest BCUT2D eigenvalue weighted by Crippen LogP contribution is -2.49. The molecule has 1 aromatic carbocycles. The second kappa shape index (κ2) is 18.2. The molecule has 1 aliphatic rings. The number of carbonyl (C=O) groups excluding carboxylic acids is 1. The molecule has 300 valence electrons. The van der Waals surface area contributed by atoms with Gasteiger partial charge in [0.25, 0.3) is 0 Å². The van der Waals surface area contributed by atoms with E-state index < -0.39 is 25.0 Å². The van der Waals surface area contributed by atoms with Gasteiger partial charge in [-0.2, -0.15) is 0 Å². The monoisotopic (exact) mass is 776 g/mol. The number of hydrogen-bond donors (Lipinski definition) is 0. The Kier molecular flexibility index (Phi) is 16.5. The number of rotatable bonds is 18. The Bertz CT molecular complexity index is 1280. The fourth-order valence-corrected chi connectivity index (χ4v) is 9.89. The fraction of sp³-hybridized carbons (Fsp3) is 0.791. The van der Waals surface area contributed by atoms with Crippen LogP contribution in [0.1, 0.15) is 126 Å². The first-order valence-electron chi connectivity index (χ1n) is 20.1. The molecular weight excluding hydrogens is 695 g/mol. The minimum atomic E-state index is -2.13. The van der Waals surface area contributed by atoms with Crippen LogP contribution in [-0.2, 0) is 22.8 Å². The van der Waals surface area contributed by atoms with Crippen LogP contribution in [0.25, 0.3) is 0 Å². The molecule has 0 N–H and O–H groups in total. The van der Waals surface area contributed by atoms with Crippen molar-refractivity contribution in [3.63, 3.8) is 0 Å². The number of nitrogens with zero attached hydrogens (tertiary/aromatic N) is 1. The molecule has 6 atom stereocenters. The quantitative estimate of drug-likeness (QED) is 0.0844. The lowest BCUT2D eigenvalue weighted by molar-refractivity contribution is -0.138. The molecule has 1 aromatic rings. The SMILES string of the molecule is C=C1CC(CCCO[Si](C)(C)C(C)(C)C)O[C@H]1CCC(CC(C)C(=O)N(C)C(C)[C@H](O[Si](C)(C)C(C)(C)C)c1ccccc1)O[Si](C)(C)C(C)(C)C. The first kappa shape index (κ1) is 47.1. The van der Waals surface area contributed by atoms with Crippen LogP contribution in [0.2, 0.25) is 54.4 Å². The van der Waals surface area contributed by atoms with Gasteiger partial charge in [-0.05, 0) is 111 Å². The van der Waals surface area contributed by atoms with E-state index in [1.165, 1.54) is 5.57 Å². The Morgan fingerprint density at radius 3 is 1.88 bits per heavy atom. The standard InChI is InChI=1S/C43H81NO5Si3/c1-32-30-36(26-23-29-46-50(14,15)41(4,5)6)47-38(32)28-27-37(48-51(16,17)42(7,8)9)31-33(2)40(45)44(13)34(3)39(35-24-21-20-22-25-35)49-52(18,19)43(10,11)12/h20-22,24-25,33-34,36-39H,1,23,26-31H2,2-19H3/t33?,34?,36?,37?,38-,39-/m0/s1. The van der Waals surface area contributed by atoms with E-state index in [0.717, 1.165) is 44.3 Å². The van der Waals surface area contributed by atoms with Gasteiger partial charge in [0.05, 0.1) is 24.4 Å². The summed E-state index contributed by atoms with van der Waals surface area (Å²) in [7, 11) is -4.02. The molecule has 0 spiro atoms. The summed E-state index contributed by atoms with van der Waals surface area (Å²) in [5, 5.41) is 0.342. The topological polar surface area (TPSA) is 57.2 Å². The number of likely N-dealkylation sites (N-methyl/N-ethyl adjacent to an activating group) is 1. The van der Waals surface area contributed by atoms with Crippen molar-refractivity contribution in [1.29, 1.82) is 0 Å². The summed E-state index contributed by atoms with van der Waals surface area (Å²) in [6.07, 6.45) is 5.27. The molecule has 0 aliphatic carbocycles. The molecule has 1 aliphatic heterocycles. The summed E-state index contributed by atoms with van der Waals surface area (Å²) in [6, 6.07) is 10.3. The number of ether oxygens (including phenoxy) is 1. The van der Waals surface area contributed by atoms with Crippen LogP contribution in [0.3, 0.4) is 0 Å². The van der Waals surface area contributed by atoms with Crippen LogP contribution in [0.5, 0.6) is 0 Å². The third kappa shape index (κ3) is 13.0. The van der Waals surface area contributed by atoms with Gasteiger partial charge >= 0.3 is 0 Å². The molecule has 9 heteroatoms. The van der Waals surface area contributed by atoms with Crippen LogP contribution < -0.4 is 0 Å². The highest BCUT2D eigenvalue weighted by molar-refractivity contribution is 6.74. The third-order valence-corrected chi connectivity index (χ3v) is 26.6. The molecule has 0 radical (unpaired) electrons. The highest BCUT2D eigenvalue weighted by Gasteiger charge is 2.43. The summed E-state index contributed by atoms with van der Waals surface area (Å²) < 4.78 is 27.2. The van der Waals surface area contributed by atoms with Gasteiger partial charge in [0, 0.05) is 25.7 Å². The second-order valence-corrected chi connectivity index (χ2v) is 34.8. The normalized spacial score (nSPS) is 20.5. The Morgan fingerprint density at radius 1 is 0.846 bits per heavy atom. The Hall–Kier alpha value is -1.08. The molecule has 0 bridgehead atoms. The zero-order chi connectivity index (χ0) is 40.1. The summed E-state index contributed by atoms with van der Waals surface area (Å²) in [5.41, 5.74) is 2.30. The zero-order valence-electron chi connectivity index (χ0n) is 37.0. The average Bonchev–Trinajstić information content (AvgIpc) is 3.37. The Morgan fingerprint density at radius 2 is 1.37 bits per heavy atom. The van der Waals surface area contributed by atoms with Gasteiger partial charge in [0.2, 0.25) is 5.91 Å². The van der Waals surface area contributed by atoms with Crippen LogP contribution >= 0.6 is 0 Å². The lowest BCUT2D eigenvalue weighted by Gasteiger charge is -2.43. The molecule has 1 amide bonds. The first-order valence-corrected chi connectivity index (χ1v) is 28.9. The third-order valence-electron chi connectivity index (χ3n) is 13.1. The van der Waals surface area contributed by atoms with E-state index in [-0.39, 0.29) is 57.4 Å². The summed E-state index contributed by atoms with van der Waals surface area (Å²) >= 11 is 0. The molecule has 0 saturated carbocycles. The van der Waals surface area contributed by atoms with E-state index in [1.54, 1.807) is 0 Å². The highest BCUT2D eigenvalue weighted by Crippen LogP contribution is 2.42. The van der Waals surface area contributed by atoms with Gasteiger partial charge in [-0.3, -0.25) is 4.79 Å². The summed E-state index contributed by atoms with van der Waals surface area (Å²) in [4.78, 5) is 16.2. The zero-order valence-corrected chi connectivity index (χ0v) is 40.0. The van der Waals surface area contributed by atoms with E-state index in [4.69, 9.17) is 18.0 Å². The summed E-state index contributed by atoms with van der Waals surface area (Å²) in [6.45, 7) is 43.8. The predicted octanol–water partition coefficient (Wildman–Crippen LogP) is 12.3. The molecule has 4 unspecified atom stereocenters. The Balaban J connectivity index is 2.16. The van der Waals surface area contributed by atoms with Crippen molar-refractivity contribution in [2.24, 2.45) is 5.92 Å². The maximum Gasteiger partial charge on any atom is 0.225 e. The molecular formula is C43H81NO5Si3. The molecule has 1 saturated heterocycles. The van der Waals surface area contributed by atoms with Gasteiger partial charge in [-0.25, -0.2) is 0 Å². The van der Waals surface area contributed by atoms with Crippen molar-refractivity contribution in [3.8, 4) is 0 Å². The minimum Gasteiger partial charge on any atom is -0.417 e. The largest absolute Gasteiger partial charge is 0.417 e. The summed E-state index contributed by atoms with van der Waals surface area (Å²) in [5.74, 6) is -0.0644. The van der Waals surface area contributed by atoms with Gasteiger partial charge in [-0.1, -0.05) is 106 Å². The van der Waals surface area contributed by atoms with Crippen molar-refractivity contribution in [2.75, 3.05) is 13.7 Å². The fourth-order valence-electron chi connectivity index (χ4n) is 6.08. The van der Waals surface area contributed by atoms with E-state index >= 15 is 0 Å². The van der Waals surface area contributed by atoms with Crippen LogP contribution in [0.15, 0.2) is 42.5 Å². The molecule has 1 fully saturated rings. The first-order chi connectivity index (χ1) is 23.5. The van der Waals surface area contributed by atoms with Gasteiger partial charge < -0.3 is 22.9 Å². The van der Waals surface area contributed by atoms with Crippen LogP contribution in [0.4, 0.5) is 0 Å². The van der Waals surface area contributed by atoms with E-state index in [0.29, 0.717) is 6.42 Å². The lowest BCUT2D eigenvalue weighted by atomic mass is 9.95. The highest BCUT2D eigenvalue weighted by atomic mass is 28.4. The number of carbonyl (C=O) groups is 1. The second-order valence-electron chi connectivity index (χ2n) is 20.5. The van der Waals surface area contributed by atoms with Gasteiger partial charge in [0.1, 0.15) is 0 Å². The minimum absolute atomic E-state index is 0.0321. The van der Waals surface area contributed by atoms with Crippen molar-refractivity contribution < 1.29 is 22.8 Å². The van der Waals surface area contributed by atoms with Crippen molar-refractivity contribution >= 4 is 30.9 Å². The maximum atomic E-state index is 14.3. The molecule has 1 heterocycles. The van der Waals surface area contributed by atoms with E-state index in [2.05, 4.69) is 146 Å². The molecule has 2 rings (SSSR count). The average molecular weight is 776 g/mol.